The first kappa shape index (κ1) is 20.0. The van der Waals surface area contributed by atoms with Crippen LogP contribution in [0.1, 0.15) is 24.5 Å². The van der Waals surface area contributed by atoms with E-state index in [0.29, 0.717) is 23.6 Å². The van der Waals surface area contributed by atoms with E-state index in [-0.39, 0.29) is 19.2 Å². The van der Waals surface area contributed by atoms with Gasteiger partial charge in [0.1, 0.15) is 6.04 Å². The van der Waals surface area contributed by atoms with E-state index in [9.17, 15) is 13.2 Å². The molecule has 1 heterocycles. The lowest BCUT2D eigenvalue weighted by atomic mass is 10.1. The van der Waals surface area contributed by atoms with E-state index in [4.69, 9.17) is 9.47 Å². The monoisotopic (exact) mass is 404 g/mol. The number of rotatable bonds is 7. The number of hydrogen-bond donors (Lipinski definition) is 1. The van der Waals surface area contributed by atoms with E-state index in [1.807, 2.05) is 25.1 Å². The summed E-state index contributed by atoms with van der Waals surface area (Å²) in [4.78, 5) is 12.8. The van der Waals surface area contributed by atoms with Gasteiger partial charge in [-0.1, -0.05) is 30.7 Å². The van der Waals surface area contributed by atoms with Gasteiger partial charge in [-0.3, -0.25) is 9.10 Å². The summed E-state index contributed by atoms with van der Waals surface area (Å²) in [5.41, 5.74) is 2.32. The van der Waals surface area contributed by atoms with Gasteiger partial charge in [0, 0.05) is 6.54 Å². The van der Waals surface area contributed by atoms with Crippen LogP contribution in [-0.4, -0.2) is 33.4 Å². The van der Waals surface area contributed by atoms with E-state index in [1.54, 1.807) is 31.2 Å². The van der Waals surface area contributed by atoms with Crippen LogP contribution in [0.3, 0.4) is 0 Å². The number of ether oxygens (including phenoxy) is 2. The quantitative estimate of drug-likeness (QED) is 0.767. The largest absolute Gasteiger partial charge is 0.454 e. The Labute approximate surface area is 165 Å². The zero-order valence-electron chi connectivity index (χ0n) is 16.1. The Morgan fingerprint density at radius 1 is 1.14 bits per heavy atom. The van der Waals surface area contributed by atoms with Crippen molar-refractivity contribution in [3.8, 4) is 11.5 Å². The van der Waals surface area contributed by atoms with Crippen LogP contribution in [0.5, 0.6) is 11.5 Å². The number of benzene rings is 2. The molecule has 1 amide bonds. The maximum atomic E-state index is 12.8. The predicted molar refractivity (Wildman–Crippen MR) is 107 cm³/mol. The van der Waals surface area contributed by atoms with Crippen molar-refractivity contribution < 1.29 is 22.7 Å². The van der Waals surface area contributed by atoms with Gasteiger partial charge >= 0.3 is 0 Å². The summed E-state index contributed by atoms with van der Waals surface area (Å²) in [6, 6.07) is 11.7. The smallest absolute Gasteiger partial charge is 0.244 e. The zero-order valence-corrected chi connectivity index (χ0v) is 17.0. The van der Waals surface area contributed by atoms with Crippen LogP contribution in [0.2, 0.25) is 0 Å². The fraction of sp³-hybridized carbons (Fsp3) is 0.350. The highest BCUT2D eigenvalue weighted by Gasteiger charge is 2.31. The van der Waals surface area contributed by atoms with E-state index in [1.165, 1.54) is 4.31 Å². The van der Waals surface area contributed by atoms with Gasteiger partial charge in [0.2, 0.25) is 22.7 Å². The summed E-state index contributed by atoms with van der Waals surface area (Å²) in [5.74, 6) is 0.950. The fourth-order valence-corrected chi connectivity index (χ4v) is 4.32. The van der Waals surface area contributed by atoms with E-state index < -0.39 is 16.1 Å². The Kier molecular flexibility index (Phi) is 5.79. The second-order valence-corrected chi connectivity index (χ2v) is 8.58. The molecule has 2 aromatic rings. The van der Waals surface area contributed by atoms with Crippen molar-refractivity contribution in [2.24, 2.45) is 0 Å². The van der Waals surface area contributed by atoms with Crippen LogP contribution in [-0.2, 0) is 21.4 Å². The molecule has 0 aromatic heterocycles. The van der Waals surface area contributed by atoms with Crippen LogP contribution in [0.15, 0.2) is 42.5 Å². The summed E-state index contributed by atoms with van der Waals surface area (Å²) < 4.78 is 36.7. The molecule has 1 unspecified atom stereocenters. The maximum absolute atomic E-state index is 12.8. The topological polar surface area (TPSA) is 84.9 Å². The van der Waals surface area contributed by atoms with E-state index >= 15 is 0 Å². The van der Waals surface area contributed by atoms with Gasteiger partial charge in [0.05, 0.1) is 11.9 Å². The van der Waals surface area contributed by atoms with Crippen LogP contribution in [0, 0.1) is 6.92 Å². The number of nitrogens with one attached hydrogen (secondary N) is 1. The van der Waals surface area contributed by atoms with Gasteiger partial charge in [-0.05, 0) is 43.2 Å². The first-order valence-corrected chi connectivity index (χ1v) is 10.9. The van der Waals surface area contributed by atoms with Crippen molar-refractivity contribution in [1.29, 1.82) is 0 Å². The number of aryl methyl sites for hydroxylation is 1. The van der Waals surface area contributed by atoms with Crippen LogP contribution in [0.4, 0.5) is 5.69 Å². The molecule has 0 fully saturated rings. The minimum Gasteiger partial charge on any atom is -0.454 e. The van der Waals surface area contributed by atoms with E-state index in [2.05, 4.69) is 5.32 Å². The maximum Gasteiger partial charge on any atom is 0.244 e. The lowest BCUT2D eigenvalue weighted by molar-refractivity contribution is -0.122. The summed E-state index contributed by atoms with van der Waals surface area (Å²) >= 11 is 0. The van der Waals surface area contributed by atoms with Crippen LogP contribution in [0.25, 0.3) is 0 Å². The summed E-state index contributed by atoms with van der Waals surface area (Å²) in [7, 11) is -3.64. The molecule has 1 aliphatic rings. The average molecular weight is 404 g/mol. The molecule has 1 atom stereocenters. The normalized spacial score (nSPS) is 13.8. The Hall–Kier alpha value is -2.74. The van der Waals surface area contributed by atoms with Crippen molar-refractivity contribution in [1.82, 2.24) is 5.32 Å². The fourth-order valence-electron chi connectivity index (χ4n) is 3.11. The van der Waals surface area contributed by atoms with Crippen LogP contribution < -0.4 is 19.1 Å². The molecule has 0 radical (unpaired) electrons. The second-order valence-electron chi connectivity index (χ2n) is 6.72. The first-order valence-electron chi connectivity index (χ1n) is 9.02. The number of carbonyl (C=O) groups is 1. The van der Waals surface area contributed by atoms with Gasteiger partial charge in [-0.15, -0.1) is 0 Å². The van der Waals surface area contributed by atoms with Crippen molar-refractivity contribution in [2.45, 2.75) is 32.9 Å². The van der Waals surface area contributed by atoms with E-state index in [0.717, 1.165) is 17.4 Å². The molecule has 3 rings (SSSR count). The zero-order chi connectivity index (χ0) is 20.3. The number of hydrogen-bond acceptors (Lipinski definition) is 5. The number of sulfonamides is 1. The number of nitrogens with zero attached hydrogens (tertiary/aromatic N) is 1. The molecule has 0 saturated heterocycles. The Balaban J connectivity index is 1.77. The Bertz CT molecular complexity index is 957. The Morgan fingerprint density at radius 3 is 2.46 bits per heavy atom. The summed E-state index contributed by atoms with van der Waals surface area (Å²) in [6.07, 6.45) is 1.45. The van der Waals surface area contributed by atoms with Gasteiger partial charge in [-0.2, -0.15) is 0 Å². The molecule has 0 bridgehead atoms. The van der Waals surface area contributed by atoms with Gasteiger partial charge in [0.25, 0.3) is 0 Å². The first-order chi connectivity index (χ1) is 13.3. The molecule has 2 aromatic carbocycles. The molecule has 0 aliphatic carbocycles. The molecule has 0 saturated carbocycles. The molecule has 150 valence electrons. The molecule has 1 N–H and O–H groups in total. The highest BCUT2D eigenvalue weighted by Crippen LogP contribution is 2.32. The minimum atomic E-state index is -3.64. The Morgan fingerprint density at radius 2 is 1.82 bits per heavy atom. The highest BCUT2D eigenvalue weighted by atomic mass is 32.2. The highest BCUT2D eigenvalue weighted by molar-refractivity contribution is 7.92. The number of anilines is 1. The second kappa shape index (κ2) is 8.10. The number of fused-ring (bicyclic) bond motifs is 1. The van der Waals surface area contributed by atoms with Crippen molar-refractivity contribution in [3.05, 3.63) is 53.6 Å². The molecule has 28 heavy (non-hydrogen) atoms. The molecular weight excluding hydrogens is 380 g/mol. The molecule has 8 heteroatoms. The number of amides is 1. The van der Waals surface area contributed by atoms with Crippen molar-refractivity contribution in [3.63, 3.8) is 0 Å². The lowest BCUT2D eigenvalue weighted by Gasteiger charge is -2.30. The van der Waals surface area contributed by atoms with Crippen LogP contribution >= 0.6 is 0 Å². The van der Waals surface area contributed by atoms with Gasteiger partial charge in [-0.25, -0.2) is 8.42 Å². The molecule has 0 spiro atoms. The van der Waals surface area contributed by atoms with Gasteiger partial charge in [0.15, 0.2) is 11.5 Å². The standard InChI is InChI=1S/C20H24N2O5S/c1-4-17(22(28(3,24)25)16-8-5-14(2)6-9-16)20(23)21-12-15-7-10-18-19(11-15)27-13-26-18/h5-11,17H,4,12-13H2,1-3H3,(H,21,23). The van der Waals surface area contributed by atoms with Crippen molar-refractivity contribution in [2.75, 3.05) is 17.4 Å². The third kappa shape index (κ3) is 4.39. The molecule has 1 aliphatic heterocycles. The minimum absolute atomic E-state index is 0.183. The summed E-state index contributed by atoms with van der Waals surface area (Å²) in [5, 5.41) is 2.83. The van der Waals surface area contributed by atoms with Gasteiger partial charge < -0.3 is 14.8 Å². The van der Waals surface area contributed by atoms with Crippen molar-refractivity contribution >= 4 is 21.6 Å². The summed E-state index contributed by atoms with van der Waals surface area (Å²) in [6.45, 7) is 4.15. The number of carbonyl (C=O) groups excluding carboxylic acids is 1. The molecular formula is C20H24N2O5S. The average Bonchev–Trinajstić information content (AvgIpc) is 3.12. The SMILES string of the molecule is CCC(C(=O)NCc1ccc2c(c1)OCO2)N(c1ccc(C)cc1)S(C)(=O)=O. The third-order valence-electron chi connectivity index (χ3n) is 4.52. The lowest BCUT2D eigenvalue weighted by Crippen LogP contribution is -2.49. The predicted octanol–water partition coefficient (Wildman–Crippen LogP) is 2.58. The third-order valence-corrected chi connectivity index (χ3v) is 5.70. The molecule has 7 nitrogen and oxygen atoms in total.